The van der Waals surface area contributed by atoms with Gasteiger partial charge in [-0.3, -0.25) is 4.79 Å². The summed E-state index contributed by atoms with van der Waals surface area (Å²) in [5.41, 5.74) is -0.0692. The number of carbonyl (C=O) groups is 1. The van der Waals surface area contributed by atoms with E-state index >= 15 is 0 Å². The van der Waals surface area contributed by atoms with Gasteiger partial charge in [0.15, 0.2) is 0 Å². The Morgan fingerprint density at radius 2 is 1.40 bits per heavy atom. The first-order chi connectivity index (χ1) is 19.4. The number of hydrogen-bond acceptors (Lipinski definition) is 7. The van der Waals surface area contributed by atoms with Gasteiger partial charge in [-0.15, -0.1) is 0 Å². The van der Waals surface area contributed by atoms with Gasteiger partial charge in [-0.1, -0.05) is 48.5 Å². The normalized spacial score (nSPS) is 54.9. The SMILES string of the molecule is CC1(C)CC[C@]2(C(=O)O[C@@H]3OC[C@@H](O)[C@@H](O)[C@@H]3O)CC[C@]3(C)C(CC[C@@H]4[C@@]5(C)CC[C@H](O)C(C)(C)[C@@H]5CC[C@]43C)[C@@H]2C1. The monoisotopic (exact) mass is 590 g/mol. The van der Waals surface area contributed by atoms with E-state index in [0.29, 0.717) is 17.8 Å². The maximum Gasteiger partial charge on any atom is 0.314 e. The molecule has 7 nitrogen and oxygen atoms in total. The lowest BCUT2D eigenvalue weighted by molar-refractivity contribution is -0.279. The van der Waals surface area contributed by atoms with Crippen molar-refractivity contribution in [2.75, 3.05) is 6.61 Å². The number of aliphatic hydroxyl groups excluding tert-OH is 4. The molecule has 1 aliphatic heterocycles. The topological polar surface area (TPSA) is 116 Å². The standard InChI is InChI=1S/C35H58O7/c1-30(2)14-16-35(29(40)42-28-27(39)26(38)22(36)19-41-28)17-15-33(6)20(21(35)18-30)8-9-24-32(5)12-11-25(37)31(3,4)23(32)10-13-34(24,33)7/h20-28,36-39H,8-19H2,1-7H3/t20?,21-,22+,23-,24+,25-,26+,27-,28-,32-,33+,34+,35-/m0/s1. The van der Waals surface area contributed by atoms with Crippen LogP contribution in [0.15, 0.2) is 0 Å². The average molecular weight is 591 g/mol. The summed E-state index contributed by atoms with van der Waals surface area (Å²) in [5, 5.41) is 41.7. The van der Waals surface area contributed by atoms with Crippen LogP contribution in [0, 0.1) is 56.2 Å². The lowest BCUT2D eigenvalue weighted by atomic mass is 9.31. The van der Waals surface area contributed by atoms with E-state index < -0.39 is 30.0 Å². The molecule has 0 radical (unpaired) electrons. The lowest BCUT2D eigenvalue weighted by Crippen LogP contribution is -2.68. The van der Waals surface area contributed by atoms with Crippen molar-refractivity contribution in [1.29, 1.82) is 0 Å². The van der Waals surface area contributed by atoms with Crippen LogP contribution in [0.3, 0.4) is 0 Å². The Bertz CT molecular complexity index is 1070. The minimum atomic E-state index is -1.47. The van der Waals surface area contributed by atoms with Crippen molar-refractivity contribution in [3.05, 3.63) is 0 Å². The van der Waals surface area contributed by atoms with Crippen LogP contribution in [0.4, 0.5) is 0 Å². The minimum Gasteiger partial charge on any atom is -0.432 e. The molecule has 42 heavy (non-hydrogen) atoms. The van der Waals surface area contributed by atoms with Crippen molar-refractivity contribution in [3.63, 3.8) is 0 Å². The summed E-state index contributed by atoms with van der Waals surface area (Å²) in [4.78, 5) is 14.3. The molecule has 4 N–H and O–H groups in total. The molecule has 1 saturated heterocycles. The third kappa shape index (κ3) is 4.18. The summed E-state index contributed by atoms with van der Waals surface area (Å²) in [6.45, 7) is 16.8. The number of esters is 1. The van der Waals surface area contributed by atoms with Crippen molar-refractivity contribution in [2.24, 2.45) is 56.2 Å². The summed E-state index contributed by atoms with van der Waals surface area (Å²) in [6, 6.07) is 0. The van der Waals surface area contributed by atoms with Crippen LogP contribution in [0.5, 0.6) is 0 Å². The molecule has 1 unspecified atom stereocenters. The van der Waals surface area contributed by atoms with Gasteiger partial charge in [0.1, 0.15) is 18.3 Å². The van der Waals surface area contributed by atoms with E-state index in [1.54, 1.807) is 0 Å². The summed E-state index contributed by atoms with van der Waals surface area (Å²) in [5.74, 6) is 1.44. The molecule has 0 aromatic carbocycles. The Morgan fingerprint density at radius 1 is 0.714 bits per heavy atom. The van der Waals surface area contributed by atoms with Crippen molar-refractivity contribution in [3.8, 4) is 0 Å². The molecule has 5 saturated carbocycles. The van der Waals surface area contributed by atoms with Crippen molar-refractivity contribution < 1.29 is 34.7 Å². The molecule has 0 spiro atoms. The highest BCUT2D eigenvalue weighted by molar-refractivity contribution is 5.78. The van der Waals surface area contributed by atoms with E-state index in [9.17, 15) is 25.2 Å². The molecule has 7 heteroatoms. The van der Waals surface area contributed by atoms with Gasteiger partial charge < -0.3 is 29.9 Å². The van der Waals surface area contributed by atoms with Crippen LogP contribution in [0.25, 0.3) is 0 Å². The number of rotatable bonds is 2. The number of fused-ring (bicyclic) bond motifs is 7. The van der Waals surface area contributed by atoms with Gasteiger partial charge in [0, 0.05) is 0 Å². The van der Waals surface area contributed by atoms with E-state index in [1.165, 1.54) is 12.8 Å². The highest BCUT2D eigenvalue weighted by atomic mass is 16.7. The van der Waals surface area contributed by atoms with Gasteiger partial charge in [-0.2, -0.15) is 0 Å². The van der Waals surface area contributed by atoms with Gasteiger partial charge >= 0.3 is 5.97 Å². The summed E-state index contributed by atoms with van der Waals surface area (Å²) >= 11 is 0. The second-order valence-corrected chi connectivity index (χ2v) is 17.8. The first kappa shape index (κ1) is 31.3. The minimum absolute atomic E-state index is 0.0691. The van der Waals surface area contributed by atoms with E-state index in [4.69, 9.17) is 9.47 Å². The van der Waals surface area contributed by atoms with Crippen molar-refractivity contribution in [2.45, 2.75) is 150 Å². The van der Waals surface area contributed by atoms with Gasteiger partial charge in [0.2, 0.25) is 6.29 Å². The Labute approximate surface area is 253 Å². The van der Waals surface area contributed by atoms with Gasteiger partial charge in [0.05, 0.1) is 18.1 Å². The van der Waals surface area contributed by atoms with Crippen LogP contribution in [-0.2, 0) is 14.3 Å². The Kier molecular flexibility index (Phi) is 7.36. The lowest BCUT2D eigenvalue weighted by Gasteiger charge is -2.73. The van der Waals surface area contributed by atoms with Crippen molar-refractivity contribution in [1.82, 2.24) is 0 Å². The second-order valence-electron chi connectivity index (χ2n) is 17.8. The third-order valence-electron chi connectivity index (χ3n) is 15.3. The highest BCUT2D eigenvalue weighted by Gasteiger charge is 2.71. The molecule has 0 aromatic heterocycles. The molecule has 240 valence electrons. The molecule has 5 aliphatic carbocycles. The predicted octanol–water partition coefficient (Wildman–Crippen LogP) is 5.21. The summed E-state index contributed by atoms with van der Waals surface area (Å²) in [6.07, 6.45) is 5.53. The zero-order chi connectivity index (χ0) is 30.7. The van der Waals surface area contributed by atoms with Crippen LogP contribution in [-0.4, -0.2) is 63.7 Å². The van der Waals surface area contributed by atoms with E-state index in [1.807, 2.05) is 0 Å². The van der Waals surface area contributed by atoms with Crippen LogP contribution < -0.4 is 0 Å². The molecule has 0 bridgehead atoms. The third-order valence-corrected chi connectivity index (χ3v) is 15.3. The van der Waals surface area contributed by atoms with Crippen LogP contribution in [0.2, 0.25) is 0 Å². The molecular weight excluding hydrogens is 532 g/mol. The molecule has 6 rings (SSSR count). The summed E-state index contributed by atoms with van der Waals surface area (Å²) in [7, 11) is 0. The Morgan fingerprint density at radius 3 is 2.12 bits per heavy atom. The highest BCUT2D eigenvalue weighted by Crippen LogP contribution is 2.77. The quantitative estimate of drug-likeness (QED) is 0.326. The number of hydrogen-bond donors (Lipinski definition) is 4. The number of aliphatic hydroxyl groups is 4. The Balaban J connectivity index is 1.32. The maximum atomic E-state index is 14.3. The smallest absolute Gasteiger partial charge is 0.314 e. The zero-order valence-electron chi connectivity index (χ0n) is 27.2. The van der Waals surface area contributed by atoms with E-state index in [-0.39, 0.29) is 51.7 Å². The molecule has 1 heterocycles. The fraction of sp³-hybridized carbons (Fsp3) is 0.971. The molecule has 6 aliphatic rings. The predicted molar refractivity (Wildman–Crippen MR) is 159 cm³/mol. The fourth-order valence-electron chi connectivity index (χ4n) is 12.5. The molecular formula is C35H58O7. The van der Waals surface area contributed by atoms with E-state index in [2.05, 4.69) is 48.5 Å². The van der Waals surface area contributed by atoms with Crippen LogP contribution in [0.1, 0.15) is 119 Å². The maximum absolute atomic E-state index is 14.3. The number of ether oxygens (including phenoxy) is 2. The fourth-order valence-corrected chi connectivity index (χ4v) is 12.5. The largest absolute Gasteiger partial charge is 0.432 e. The van der Waals surface area contributed by atoms with Gasteiger partial charge in [-0.05, 0) is 121 Å². The first-order valence-electron chi connectivity index (χ1n) is 17.0. The van der Waals surface area contributed by atoms with Gasteiger partial charge in [-0.25, -0.2) is 0 Å². The second kappa shape index (κ2) is 9.88. The van der Waals surface area contributed by atoms with Crippen LogP contribution >= 0.6 is 0 Å². The molecule has 13 atom stereocenters. The zero-order valence-corrected chi connectivity index (χ0v) is 27.2. The van der Waals surface area contributed by atoms with Gasteiger partial charge in [0.25, 0.3) is 0 Å². The van der Waals surface area contributed by atoms with Crippen molar-refractivity contribution >= 4 is 5.97 Å². The molecule has 6 fully saturated rings. The first-order valence-corrected chi connectivity index (χ1v) is 17.0. The van der Waals surface area contributed by atoms with E-state index in [0.717, 1.165) is 57.8 Å². The molecule has 0 amide bonds. The number of carbonyl (C=O) groups excluding carboxylic acids is 1. The Hall–Kier alpha value is -0.730. The summed E-state index contributed by atoms with van der Waals surface area (Å²) < 4.78 is 11.5. The average Bonchev–Trinajstić information content (AvgIpc) is 2.91. The molecule has 0 aromatic rings.